The van der Waals surface area contributed by atoms with Crippen molar-refractivity contribution in [1.82, 2.24) is 9.78 Å². The van der Waals surface area contributed by atoms with Crippen molar-refractivity contribution in [2.45, 2.75) is 62.9 Å². The van der Waals surface area contributed by atoms with Gasteiger partial charge in [0.15, 0.2) is 5.78 Å². The first-order chi connectivity index (χ1) is 8.67. The topological polar surface area (TPSA) is 60.9 Å². The van der Waals surface area contributed by atoms with Gasteiger partial charge in [0.1, 0.15) is 0 Å². The molecule has 0 spiro atoms. The van der Waals surface area contributed by atoms with Crippen LogP contribution >= 0.6 is 0 Å². The van der Waals surface area contributed by atoms with Crippen molar-refractivity contribution in [2.24, 2.45) is 5.73 Å². The third-order valence-electron chi connectivity index (χ3n) is 4.30. The van der Waals surface area contributed by atoms with E-state index in [0.717, 1.165) is 18.5 Å². The largest absolute Gasteiger partial charge is 0.319 e. The zero-order valence-corrected chi connectivity index (χ0v) is 10.8. The third kappa shape index (κ3) is 2.34. The summed E-state index contributed by atoms with van der Waals surface area (Å²) in [6, 6.07) is 2.51. The van der Waals surface area contributed by atoms with Gasteiger partial charge in [-0.3, -0.25) is 9.48 Å². The Morgan fingerprint density at radius 1 is 1.39 bits per heavy atom. The summed E-state index contributed by atoms with van der Waals surface area (Å²) in [6.45, 7) is 0. The van der Waals surface area contributed by atoms with Crippen molar-refractivity contribution in [3.05, 3.63) is 18.0 Å². The minimum absolute atomic E-state index is 0.149. The molecule has 1 aromatic heterocycles. The molecule has 1 aromatic rings. The molecule has 0 radical (unpaired) electrons. The number of carbonyl (C=O) groups is 1. The number of hydrogen-bond acceptors (Lipinski definition) is 3. The van der Waals surface area contributed by atoms with E-state index in [4.69, 9.17) is 5.73 Å². The second kappa shape index (κ2) is 4.50. The molecule has 2 N–H and O–H groups in total. The number of hydrogen-bond donors (Lipinski definition) is 1. The number of nitrogens with two attached hydrogens (primary N) is 1. The van der Waals surface area contributed by atoms with E-state index in [0.29, 0.717) is 12.5 Å². The van der Waals surface area contributed by atoms with E-state index < -0.39 is 5.54 Å². The van der Waals surface area contributed by atoms with Crippen LogP contribution in [0.2, 0.25) is 0 Å². The highest BCUT2D eigenvalue weighted by molar-refractivity contribution is 5.92. The summed E-state index contributed by atoms with van der Waals surface area (Å²) >= 11 is 0. The van der Waals surface area contributed by atoms with Gasteiger partial charge >= 0.3 is 0 Å². The van der Waals surface area contributed by atoms with E-state index in [2.05, 4.69) is 9.78 Å². The zero-order valence-electron chi connectivity index (χ0n) is 10.8. The van der Waals surface area contributed by atoms with Crippen LogP contribution in [0.25, 0.3) is 0 Å². The van der Waals surface area contributed by atoms with Gasteiger partial charge in [-0.2, -0.15) is 5.10 Å². The number of nitrogens with zero attached hydrogens (tertiary/aromatic N) is 2. The standard InChI is InChI=1S/C14H21N3O/c15-14(7-8-14)13(18)10-11-6-9-17(16-11)12-4-2-1-3-5-12/h6,9,12H,1-5,7-8,10,15H2. The number of aromatic nitrogens is 2. The van der Waals surface area contributed by atoms with Crippen LogP contribution in [0.5, 0.6) is 0 Å². The normalized spacial score (nSPS) is 22.9. The van der Waals surface area contributed by atoms with Gasteiger partial charge in [-0.25, -0.2) is 0 Å². The van der Waals surface area contributed by atoms with Crippen LogP contribution in [0.1, 0.15) is 56.7 Å². The van der Waals surface area contributed by atoms with Crippen LogP contribution < -0.4 is 5.73 Å². The molecular formula is C14H21N3O. The predicted molar refractivity (Wildman–Crippen MR) is 69.2 cm³/mol. The highest BCUT2D eigenvalue weighted by Crippen LogP contribution is 2.34. The molecule has 2 saturated carbocycles. The molecule has 0 unspecified atom stereocenters. The van der Waals surface area contributed by atoms with Crippen molar-refractivity contribution in [1.29, 1.82) is 0 Å². The minimum atomic E-state index is -0.519. The fraction of sp³-hybridized carbons (Fsp3) is 0.714. The molecule has 0 saturated heterocycles. The quantitative estimate of drug-likeness (QED) is 0.885. The Hall–Kier alpha value is -1.16. The van der Waals surface area contributed by atoms with Crippen LogP contribution in [0.3, 0.4) is 0 Å². The summed E-state index contributed by atoms with van der Waals surface area (Å²) in [5, 5.41) is 4.56. The van der Waals surface area contributed by atoms with Gasteiger partial charge in [-0.1, -0.05) is 19.3 Å². The summed E-state index contributed by atoms with van der Waals surface area (Å²) in [4.78, 5) is 11.9. The van der Waals surface area contributed by atoms with E-state index in [-0.39, 0.29) is 5.78 Å². The van der Waals surface area contributed by atoms with E-state index in [1.165, 1.54) is 32.1 Å². The number of rotatable bonds is 4. The van der Waals surface area contributed by atoms with Crippen LogP contribution in [-0.4, -0.2) is 21.1 Å². The second-order valence-electron chi connectivity index (χ2n) is 5.84. The molecule has 2 aliphatic rings. The van der Waals surface area contributed by atoms with E-state index in [1.54, 1.807) is 0 Å². The van der Waals surface area contributed by atoms with Crippen molar-refractivity contribution >= 4 is 5.78 Å². The van der Waals surface area contributed by atoms with E-state index in [9.17, 15) is 4.79 Å². The molecule has 0 bridgehead atoms. The molecule has 4 nitrogen and oxygen atoms in total. The van der Waals surface area contributed by atoms with Crippen molar-refractivity contribution in [2.75, 3.05) is 0 Å². The van der Waals surface area contributed by atoms with E-state index in [1.807, 2.05) is 12.3 Å². The average Bonchev–Trinajstić information content (AvgIpc) is 2.98. The van der Waals surface area contributed by atoms with Gasteiger partial charge in [0, 0.05) is 6.20 Å². The Morgan fingerprint density at radius 3 is 2.78 bits per heavy atom. The first kappa shape index (κ1) is 11.9. The molecule has 3 rings (SSSR count). The molecule has 1 heterocycles. The van der Waals surface area contributed by atoms with Crippen LogP contribution in [0, 0.1) is 0 Å². The van der Waals surface area contributed by atoms with Gasteiger partial charge in [-0.05, 0) is 31.7 Å². The smallest absolute Gasteiger partial charge is 0.158 e. The third-order valence-corrected chi connectivity index (χ3v) is 4.30. The first-order valence-electron chi connectivity index (χ1n) is 7.04. The van der Waals surface area contributed by atoms with Crippen LogP contribution in [0.4, 0.5) is 0 Å². The fourth-order valence-electron chi connectivity index (χ4n) is 2.77. The molecular weight excluding hydrogens is 226 g/mol. The lowest BCUT2D eigenvalue weighted by molar-refractivity contribution is -0.120. The molecule has 2 aliphatic carbocycles. The minimum Gasteiger partial charge on any atom is -0.319 e. The molecule has 0 atom stereocenters. The summed E-state index contributed by atoms with van der Waals surface area (Å²) in [6.07, 6.45) is 10.5. The van der Waals surface area contributed by atoms with Gasteiger partial charge in [0.2, 0.25) is 0 Å². The van der Waals surface area contributed by atoms with Gasteiger partial charge in [-0.15, -0.1) is 0 Å². The summed E-state index contributed by atoms with van der Waals surface area (Å²) in [7, 11) is 0. The Morgan fingerprint density at radius 2 is 2.11 bits per heavy atom. The second-order valence-corrected chi connectivity index (χ2v) is 5.84. The van der Waals surface area contributed by atoms with Crippen LogP contribution in [-0.2, 0) is 11.2 Å². The lowest BCUT2D eigenvalue weighted by atomic mass is 9.96. The number of ketones is 1. The average molecular weight is 247 g/mol. The fourth-order valence-corrected chi connectivity index (χ4v) is 2.77. The van der Waals surface area contributed by atoms with Gasteiger partial charge in [0.25, 0.3) is 0 Å². The maximum absolute atomic E-state index is 11.9. The van der Waals surface area contributed by atoms with Crippen LogP contribution in [0.15, 0.2) is 12.3 Å². The lowest BCUT2D eigenvalue weighted by Crippen LogP contribution is -2.34. The maximum atomic E-state index is 11.9. The maximum Gasteiger partial charge on any atom is 0.158 e. The first-order valence-corrected chi connectivity index (χ1v) is 7.04. The highest BCUT2D eigenvalue weighted by atomic mass is 16.1. The van der Waals surface area contributed by atoms with Crippen molar-refractivity contribution in [3.63, 3.8) is 0 Å². The van der Waals surface area contributed by atoms with Crippen molar-refractivity contribution < 1.29 is 4.79 Å². The molecule has 2 fully saturated rings. The summed E-state index contributed by atoms with van der Waals surface area (Å²) < 4.78 is 2.05. The molecule has 0 aliphatic heterocycles. The Bertz CT molecular complexity index is 442. The predicted octanol–water partition coefficient (Wildman–Crippen LogP) is 1.99. The highest BCUT2D eigenvalue weighted by Gasteiger charge is 2.45. The molecule has 4 heteroatoms. The van der Waals surface area contributed by atoms with Crippen molar-refractivity contribution in [3.8, 4) is 0 Å². The monoisotopic (exact) mass is 247 g/mol. The molecule has 0 amide bonds. The Kier molecular flexibility index (Phi) is 2.98. The Labute approximate surface area is 108 Å². The van der Waals surface area contributed by atoms with Gasteiger partial charge < -0.3 is 5.73 Å². The number of carbonyl (C=O) groups excluding carboxylic acids is 1. The number of Topliss-reactive ketones (excluding diaryl/α,β-unsaturated/α-hetero) is 1. The molecule has 98 valence electrons. The Balaban J connectivity index is 1.64. The van der Waals surface area contributed by atoms with E-state index >= 15 is 0 Å². The molecule has 18 heavy (non-hydrogen) atoms. The van der Waals surface area contributed by atoms with Gasteiger partial charge in [0.05, 0.1) is 23.7 Å². The molecule has 0 aromatic carbocycles. The summed E-state index contributed by atoms with van der Waals surface area (Å²) in [5.41, 5.74) is 6.26. The lowest BCUT2D eigenvalue weighted by Gasteiger charge is -2.21. The summed E-state index contributed by atoms with van der Waals surface area (Å²) in [5.74, 6) is 0.149. The SMILES string of the molecule is NC1(C(=O)Cc2ccn(C3CCCCC3)n2)CC1. The zero-order chi connectivity index (χ0) is 12.6.